The lowest BCUT2D eigenvalue weighted by Crippen LogP contribution is -2.14. The molecule has 0 bridgehead atoms. The number of aromatic nitrogens is 3. The number of benzene rings is 1. The molecule has 118 valence electrons. The normalized spacial score (nSPS) is 11.7. The molecule has 0 spiro atoms. The van der Waals surface area contributed by atoms with E-state index in [9.17, 15) is 10.1 Å². The summed E-state index contributed by atoms with van der Waals surface area (Å²) in [6, 6.07) is 10.5. The molecule has 0 N–H and O–H groups in total. The lowest BCUT2D eigenvalue weighted by atomic mass is 9.92. The monoisotopic (exact) mass is 338 g/mol. The molecule has 0 aliphatic rings. The Morgan fingerprint density at radius 3 is 2.79 bits per heavy atom. The summed E-state index contributed by atoms with van der Waals surface area (Å²) >= 11 is 6.20. The Hall–Kier alpha value is -3.04. The molecule has 0 radical (unpaired) electrons. The highest BCUT2D eigenvalue weighted by molar-refractivity contribution is 6.33. The first-order chi connectivity index (χ1) is 11.6. The molecule has 0 aliphatic heterocycles. The Morgan fingerprint density at radius 2 is 2.12 bits per heavy atom. The highest BCUT2D eigenvalue weighted by atomic mass is 35.5. The number of aryl methyl sites for hydroxylation is 1. The molecule has 7 heteroatoms. The van der Waals surface area contributed by atoms with Gasteiger partial charge in [-0.05, 0) is 19.1 Å². The van der Waals surface area contributed by atoms with Crippen LogP contribution in [0.3, 0.4) is 0 Å². The minimum Gasteiger partial charge on any atom is -0.360 e. The summed E-state index contributed by atoms with van der Waals surface area (Å²) in [4.78, 5) is 20.7. The van der Waals surface area contributed by atoms with Gasteiger partial charge in [0.2, 0.25) is 0 Å². The topological polar surface area (TPSA) is 92.7 Å². The molecule has 2 heterocycles. The van der Waals surface area contributed by atoms with Crippen molar-refractivity contribution in [2.75, 3.05) is 0 Å². The van der Waals surface area contributed by atoms with Crippen molar-refractivity contribution in [3.63, 3.8) is 0 Å². The van der Waals surface area contributed by atoms with Crippen molar-refractivity contribution in [1.29, 1.82) is 5.26 Å². The van der Waals surface area contributed by atoms with Crippen molar-refractivity contribution in [2.24, 2.45) is 0 Å². The molecular weight excluding hydrogens is 328 g/mol. The van der Waals surface area contributed by atoms with E-state index in [0.717, 1.165) is 0 Å². The third-order valence-corrected chi connectivity index (χ3v) is 3.86. The van der Waals surface area contributed by atoms with Crippen LogP contribution in [0.5, 0.6) is 0 Å². The minimum absolute atomic E-state index is 0.230. The molecule has 0 saturated carbocycles. The predicted octanol–water partition coefficient (Wildman–Crippen LogP) is 3.58. The smallest absolute Gasteiger partial charge is 0.191 e. The van der Waals surface area contributed by atoms with Gasteiger partial charge in [-0.2, -0.15) is 5.26 Å². The molecule has 1 unspecified atom stereocenters. The van der Waals surface area contributed by atoms with Crippen molar-refractivity contribution in [3.8, 4) is 17.3 Å². The van der Waals surface area contributed by atoms with Crippen LogP contribution in [0.15, 0.2) is 47.4 Å². The van der Waals surface area contributed by atoms with Crippen LogP contribution in [0.4, 0.5) is 0 Å². The Balaban J connectivity index is 2.10. The maximum absolute atomic E-state index is 12.9. The minimum atomic E-state index is -1.08. The van der Waals surface area contributed by atoms with Gasteiger partial charge in [0.15, 0.2) is 11.7 Å². The zero-order valence-corrected chi connectivity index (χ0v) is 13.4. The summed E-state index contributed by atoms with van der Waals surface area (Å²) < 4.78 is 5.19. The molecule has 24 heavy (non-hydrogen) atoms. The van der Waals surface area contributed by atoms with E-state index in [1.165, 1.54) is 18.6 Å². The largest absolute Gasteiger partial charge is 0.360 e. The molecule has 0 saturated heterocycles. The predicted molar refractivity (Wildman–Crippen MR) is 86.4 cm³/mol. The Labute approximate surface area is 142 Å². The van der Waals surface area contributed by atoms with Crippen LogP contribution in [-0.4, -0.2) is 20.9 Å². The molecule has 3 aromatic rings. The highest BCUT2D eigenvalue weighted by Crippen LogP contribution is 2.33. The molecule has 3 rings (SSSR count). The van der Waals surface area contributed by atoms with Gasteiger partial charge < -0.3 is 4.52 Å². The maximum Gasteiger partial charge on any atom is 0.191 e. The first kappa shape index (κ1) is 15.8. The lowest BCUT2D eigenvalue weighted by Gasteiger charge is -2.08. The second-order valence-corrected chi connectivity index (χ2v) is 5.41. The van der Waals surface area contributed by atoms with E-state index in [1.807, 2.05) is 6.07 Å². The molecular formula is C17H11ClN4O2. The summed E-state index contributed by atoms with van der Waals surface area (Å²) in [6.45, 7) is 1.62. The van der Waals surface area contributed by atoms with E-state index in [4.69, 9.17) is 16.1 Å². The van der Waals surface area contributed by atoms with Crippen LogP contribution in [0, 0.1) is 18.3 Å². The maximum atomic E-state index is 12.9. The number of hydrogen-bond donors (Lipinski definition) is 0. The average Bonchev–Trinajstić information content (AvgIpc) is 2.98. The van der Waals surface area contributed by atoms with Gasteiger partial charge in [-0.15, -0.1) is 0 Å². The SMILES string of the molecule is Cc1onc(-c2ccccc2Cl)c1C(=O)C(C#N)c1ccncn1. The average molecular weight is 339 g/mol. The summed E-state index contributed by atoms with van der Waals surface area (Å²) in [5.41, 5.74) is 1.44. The van der Waals surface area contributed by atoms with Gasteiger partial charge in [0.05, 0.1) is 22.3 Å². The summed E-state index contributed by atoms with van der Waals surface area (Å²) in [5.74, 6) is -1.19. The Morgan fingerprint density at radius 1 is 1.33 bits per heavy atom. The van der Waals surface area contributed by atoms with E-state index in [1.54, 1.807) is 31.2 Å². The third-order valence-electron chi connectivity index (χ3n) is 3.53. The number of nitrogens with zero attached hydrogens (tertiary/aromatic N) is 4. The number of halogens is 1. The number of Topliss-reactive ketones (excluding diaryl/α,β-unsaturated/α-hetero) is 1. The van der Waals surface area contributed by atoms with Crippen LogP contribution in [0.1, 0.15) is 27.7 Å². The van der Waals surface area contributed by atoms with Crippen molar-refractivity contribution >= 4 is 17.4 Å². The Bertz CT molecular complexity index is 931. The summed E-state index contributed by atoms with van der Waals surface area (Å²) in [7, 11) is 0. The van der Waals surface area contributed by atoms with Gasteiger partial charge in [-0.1, -0.05) is 35.0 Å². The van der Waals surface area contributed by atoms with Crippen molar-refractivity contribution in [1.82, 2.24) is 15.1 Å². The van der Waals surface area contributed by atoms with Crippen LogP contribution < -0.4 is 0 Å². The lowest BCUT2D eigenvalue weighted by molar-refractivity contribution is 0.0976. The first-order valence-electron chi connectivity index (χ1n) is 7.04. The van der Waals surface area contributed by atoms with E-state index in [0.29, 0.717) is 27.7 Å². The van der Waals surface area contributed by atoms with Crippen molar-refractivity contribution < 1.29 is 9.32 Å². The van der Waals surface area contributed by atoms with Gasteiger partial charge >= 0.3 is 0 Å². The van der Waals surface area contributed by atoms with Crippen molar-refractivity contribution in [2.45, 2.75) is 12.8 Å². The molecule has 0 aliphatic carbocycles. The number of rotatable bonds is 4. The third kappa shape index (κ3) is 2.77. The zero-order valence-electron chi connectivity index (χ0n) is 12.6. The number of hydrogen-bond acceptors (Lipinski definition) is 6. The Kier molecular flexibility index (Phi) is 4.36. The van der Waals surface area contributed by atoms with Crippen LogP contribution in [0.2, 0.25) is 5.02 Å². The second kappa shape index (κ2) is 6.60. The molecule has 2 aromatic heterocycles. The van der Waals surface area contributed by atoms with Crippen LogP contribution in [0.25, 0.3) is 11.3 Å². The molecule has 6 nitrogen and oxygen atoms in total. The molecule has 1 aromatic carbocycles. The number of nitriles is 1. The van der Waals surface area contributed by atoms with E-state index < -0.39 is 11.7 Å². The number of carbonyl (C=O) groups excluding carboxylic acids is 1. The fraction of sp³-hybridized carbons (Fsp3) is 0.118. The quantitative estimate of drug-likeness (QED) is 0.675. The van der Waals surface area contributed by atoms with Gasteiger partial charge in [0, 0.05) is 11.8 Å². The van der Waals surface area contributed by atoms with Gasteiger partial charge in [-0.25, -0.2) is 9.97 Å². The number of ketones is 1. The summed E-state index contributed by atoms with van der Waals surface area (Å²) in [5, 5.41) is 13.8. The fourth-order valence-corrected chi connectivity index (χ4v) is 2.60. The molecule has 0 fully saturated rings. The fourth-order valence-electron chi connectivity index (χ4n) is 2.37. The van der Waals surface area contributed by atoms with Gasteiger partial charge in [-0.3, -0.25) is 4.79 Å². The zero-order chi connectivity index (χ0) is 17.1. The first-order valence-corrected chi connectivity index (χ1v) is 7.42. The van der Waals surface area contributed by atoms with Gasteiger partial charge in [0.1, 0.15) is 17.8 Å². The highest BCUT2D eigenvalue weighted by Gasteiger charge is 2.30. The van der Waals surface area contributed by atoms with E-state index in [2.05, 4.69) is 15.1 Å². The molecule has 1 atom stereocenters. The van der Waals surface area contributed by atoms with E-state index in [-0.39, 0.29) is 5.56 Å². The van der Waals surface area contributed by atoms with Crippen LogP contribution >= 0.6 is 11.6 Å². The van der Waals surface area contributed by atoms with Gasteiger partial charge in [0.25, 0.3) is 0 Å². The van der Waals surface area contributed by atoms with Crippen molar-refractivity contribution in [3.05, 3.63) is 64.9 Å². The summed E-state index contributed by atoms with van der Waals surface area (Å²) in [6.07, 6.45) is 2.78. The number of carbonyl (C=O) groups is 1. The second-order valence-electron chi connectivity index (χ2n) is 5.00. The van der Waals surface area contributed by atoms with E-state index >= 15 is 0 Å². The standard InChI is InChI=1S/C17H11ClN4O2/c1-10-15(16(22-24-10)11-4-2-3-5-13(11)18)17(23)12(8-19)14-6-7-20-9-21-14/h2-7,9,12H,1H3. The molecule has 0 amide bonds. The van der Waals surface area contributed by atoms with Crippen LogP contribution in [-0.2, 0) is 0 Å².